The molecule has 2 heterocycles. The van der Waals surface area contributed by atoms with E-state index in [4.69, 9.17) is 4.74 Å². The van der Waals surface area contributed by atoms with Crippen molar-refractivity contribution in [2.45, 2.75) is 45.6 Å². The van der Waals surface area contributed by atoms with E-state index in [0.717, 1.165) is 0 Å². The molecule has 2 aromatic rings. The van der Waals surface area contributed by atoms with Gasteiger partial charge in [-0.05, 0) is 58.9 Å². The van der Waals surface area contributed by atoms with Gasteiger partial charge in [-0.1, -0.05) is 0 Å². The van der Waals surface area contributed by atoms with Crippen LogP contribution < -0.4 is 5.32 Å². The summed E-state index contributed by atoms with van der Waals surface area (Å²) < 4.78 is 19.2. The van der Waals surface area contributed by atoms with Gasteiger partial charge in [-0.2, -0.15) is 0 Å². The first-order valence-corrected chi connectivity index (χ1v) is 8.12. The van der Waals surface area contributed by atoms with Gasteiger partial charge in [0.25, 0.3) is 0 Å². The molecule has 0 bridgehead atoms. The van der Waals surface area contributed by atoms with E-state index in [2.05, 4.69) is 15.3 Å². The van der Waals surface area contributed by atoms with Crippen molar-refractivity contribution in [1.82, 2.24) is 9.97 Å². The summed E-state index contributed by atoms with van der Waals surface area (Å²) in [6.45, 7) is 8.45. The number of hydrogen-bond donors (Lipinski definition) is 1. The van der Waals surface area contributed by atoms with Gasteiger partial charge < -0.3 is 4.74 Å². The standard InChI is InChI=1S/C19H22FN3O3/c1-18(2,3)26-17(25)23-12-8-9-14(22-11-12)16(24)19(4,5)15-13(20)7-6-10-21-15/h6-11H,1-5H3,(H,23,25). The molecule has 0 aromatic carbocycles. The molecule has 7 heteroatoms. The third-order valence-electron chi connectivity index (χ3n) is 3.56. The topological polar surface area (TPSA) is 81.2 Å². The number of carbonyl (C=O) groups is 2. The zero-order valence-corrected chi connectivity index (χ0v) is 15.5. The number of amides is 1. The molecule has 1 amide bonds. The number of aromatic nitrogens is 2. The molecule has 26 heavy (non-hydrogen) atoms. The molecule has 0 aliphatic heterocycles. The van der Waals surface area contributed by atoms with Crippen LogP contribution in [-0.4, -0.2) is 27.4 Å². The third kappa shape index (κ3) is 4.62. The quantitative estimate of drug-likeness (QED) is 0.831. The second-order valence-electron chi connectivity index (χ2n) is 7.35. The van der Waals surface area contributed by atoms with Gasteiger partial charge in [0.15, 0.2) is 5.78 Å². The van der Waals surface area contributed by atoms with E-state index < -0.39 is 22.9 Å². The number of ketones is 1. The van der Waals surface area contributed by atoms with Crippen LogP contribution in [0, 0.1) is 5.82 Å². The van der Waals surface area contributed by atoms with Gasteiger partial charge in [0, 0.05) is 6.20 Å². The second-order valence-corrected chi connectivity index (χ2v) is 7.35. The molecule has 0 saturated heterocycles. The van der Waals surface area contributed by atoms with E-state index in [1.54, 1.807) is 34.6 Å². The average molecular weight is 359 g/mol. The Labute approximate surface area is 151 Å². The highest BCUT2D eigenvalue weighted by molar-refractivity contribution is 6.02. The summed E-state index contributed by atoms with van der Waals surface area (Å²) in [4.78, 5) is 32.6. The monoisotopic (exact) mass is 359 g/mol. The molecule has 1 N–H and O–H groups in total. The fraction of sp³-hybridized carbons (Fsp3) is 0.368. The number of ether oxygens (including phenoxy) is 1. The number of nitrogens with zero attached hydrogens (tertiary/aromatic N) is 2. The van der Waals surface area contributed by atoms with Gasteiger partial charge in [0.1, 0.15) is 17.1 Å². The van der Waals surface area contributed by atoms with Gasteiger partial charge in [-0.3, -0.25) is 20.1 Å². The first-order valence-electron chi connectivity index (χ1n) is 8.12. The molecule has 0 fully saturated rings. The fourth-order valence-corrected chi connectivity index (χ4v) is 2.30. The minimum Gasteiger partial charge on any atom is -0.444 e. The number of pyridine rings is 2. The lowest BCUT2D eigenvalue weighted by atomic mass is 9.82. The predicted octanol–water partition coefficient (Wildman–Crippen LogP) is 4.12. The SMILES string of the molecule is CC(C)(C)OC(=O)Nc1ccc(C(=O)C(C)(C)c2ncccc2F)nc1. The summed E-state index contributed by atoms with van der Waals surface area (Å²) in [6.07, 6.45) is 2.17. The van der Waals surface area contributed by atoms with Crippen LogP contribution in [0.4, 0.5) is 14.9 Å². The zero-order chi connectivity index (χ0) is 19.5. The molecular formula is C19H22FN3O3. The maximum absolute atomic E-state index is 14.0. The van der Waals surface area contributed by atoms with Gasteiger partial charge in [-0.15, -0.1) is 0 Å². The van der Waals surface area contributed by atoms with Crippen LogP contribution in [0.25, 0.3) is 0 Å². The van der Waals surface area contributed by atoms with Crippen LogP contribution in [0.3, 0.4) is 0 Å². The number of Topliss-reactive ketones (excluding diaryl/α,β-unsaturated/α-hetero) is 1. The molecule has 138 valence electrons. The zero-order valence-electron chi connectivity index (χ0n) is 15.5. The van der Waals surface area contributed by atoms with Gasteiger partial charge >= 0.3 is 6.09 Å². The van der Waals surface area contributed by atoms with Crippen molar-refractivity contribution < 1.29 is 18.7 Å². The molecular weight excluding hydrogens is 337 g/mol. The van der Waals surface area contributed by atoms with Crippen molar-refractivity contribution in [2.24, 2.45) is 0 Å². The van der Waals surface area contributed by atoms with Crippen LogP contribution >= 0.6 is 0 Å². The number of hydrogen-bond acceptors (Lipinski definition) is 5. The Balaban J connectivity index is 2.16. The van der Waals surface area contributed by atoms with Crippen molar-refractivity contribution >= 4 is 17.6 Å². The molecule has 0 unspecified atom stereocenters. The van der Waals surface area contributed by atoms with E-state index >= 15 is 0 Å². The smallest absolute Gasteiger partial charge is 0.412 e. The highest BCUT2D eigenvalue weighted by Gasteiger charge is 2.35. The number of carbonyl (C=O) groups excluding carboxylic acids is 2. The van der Waals surface area contributed by atoms with Crippen LogP contribution in [0.2, 0.25) is 0 Å². The van der Waals surface area contributed by atoms with Gasteiger partial charge in [0.05, 0.1) is 23.0 Å². The Kier molecular flexibility index (Phi) is 5.39. The molecule has 0 atom stereocenters. The van der Waals surface area contributed by atoms with Crippen molar-refractivity contribution in [3.05, 3.63) is 53.9 Å². The molecule has 0 aliphatic rings. The minimum absolute atomic E-state index is 0.0581. The van der Waals surface area contributed by atoms with Gasteiger partial charge in [0.2, 0.25) is 0 Å². The summed E-state index contributed by atoms with van der Waals surface area (Å²) in [7, 11) is 0. The van der Waals surface area contributed by atoms with E-state index in [-0.39, 0.29) is 17.2 Å². The van der Waals surface area contributed by atoms with Crippen molar-refractivity contribution in [3.63, 3.8) is 0 Å². The summed E-state index contributed by atoms with van der Waals surface area (Å²) >= 11 is 0. The highest BCUT2D eigenvalue weighted by Crippen LogP contribution is 2.27. The van der Waals surface area contributed by atoms with E-state index in [1.807, 2.05) is 0 Å². The first kappa shape index (κ1) is 19.5. The maximum atomic E-state index is 14.0. The third-order valence-corrected chi connectivity index (χ3v) is 3.56. The molecule has 6 nitrogen and oxygen atoms in total. The lowest BCUT2D eigenvalue weighted by Gasteiger charge is -2.22. The second kappa shape index (κ2) is 7.19. The fourth-order valence-electron chi connectivity index (χ4n) is 2.30. The van der Waals surface area contributed by atoms with Crippen LogP contribution in [0.15, 0.2) is 36.7 Å². The number of rotatable bonds is 4. The van der Waals surface area contributed by atoms with Crippen molar-refractivity contribution in [2.75, 3.05) is 5.32 Å². The molecule has 0 aliphatic carbocycles. The first-order chi connectivity index (χ1) is 12.0. The van der Waals surface area contributed by atoms with Crippen LogP contribution in [0.5, 0.6) is 0 Å². The summed E-state index contributed by atoms with van der Waals surface area (Å²) in [6, 6.07) is 5.74. The van der Waals surface area contributed by atoms with E-state index in [9.17, 15) is 14.0 Å². The largest absolute Gasteiger partial charge is 0.444 e. The van der Waals surface area contributed by atoms with E-state index in [1.165, 1.54) is 36.7 Å². The highest BCUT2D eigenvalue weighted by atomic mass is 19.1. The van der Waals surface area contributed by atoms with Crippen molar-refractivity contribution in [1.29, 1.82) is 0 Å². The summed E-state index contributed by atoms with van der Waals surface area (Å²) in [5, 5.41) is 2.54. The van der Waals surface area contributed by atoms with Gasteiger partial charge in [-0.25, -0.2) is 9.18 Å². The van der Waals surface area contributed by atoms with Crippen molar-refractivity contribution in [3.8, 4) is 0 Å². The van der Waals surface area contributed by atoms with Crippen LogP contribution in [-0.2, 0) is 10.2 Å². The molecule has 2 rings (SSSR count). The molecule has 0 spiro atoms. The Morgan fingerprint density at radius 2 is 1.77 bits per heavy atom. The normalized spacial score (nSPS) is 11.8. The average Bonchev–Trinajstić information content (AvgIpc) is 2.53. The number of anilines is 1. The Bertz CT molecular complexity index is 812. The number of nitrogens with one attached hydrogen (secondary N) is 1. The lowest BCUT2D eigenvalue weighted by molar-refractivity contribution is 0.0635. The predicted molar refractivity (Wildman–Crippen MR) is 95.6 cm³/mol. The Hall–Kier alpha value is -2.83. The van der Waals surface area contributed by atoms with E-state index in [0.29, 0.717) is 5.69 Å². The maximum Gasteiger partial charge on any atom is 0.412 e. The van der Waals surface area contributed by atoms with Crippen LogP contribution in [0.1, 0.15) is 50.8 Å². The molecule has 0 radical (unpaired) electrons. The summed E-state index contributed by atoms with van der Waals surface area (Å²) in [5.74, 6) is -0.923. The Morgan fingerprint density at radius 3 is 2.31 bits per heavy atom. The molecule has 2 aromatic heterocycles. The number of halogens is 1. The molecule has 0 saturated carbocycles. The Morgan fingerprint density at radius 1 is 1.08 bits per heavy atom. The summed E-state index contributed by atoms with van der Waals surface area (Å²) in [5.41, 5.74) is -1.21. The minimum atomic E-state index is -1.18. The lowest BCUT2D eigenvalue weighted by Crippen LogP contribution is -2.32.